The summed E-state index contributed by atoms with van der Waals surface area (Å²) >= 11 is 3.15. The molecule has 0 aliphatic carbocycles. The Bertz CT molecular complexity index is 580. The number of hydrogen-bond donors (Lipinski definition) is 1. The van der Waals surface area contributed by atoms with Crippen LogP contribution in [0.3, 0.4) is 0 Å². The van der Waals surface area contributed by atoms with E-state index in [1.54, 1.807) is 0 Å². The van der Waals surface area contributed by atoms with Crippen LogP contribution in [-0.2, 0) is 10.0 Å². The number of nitrogens with one attached hydrogen (secondary N) is 1. The molecule has 0 saturated carbocycles. The third kappa shape index (κ3) is 4.16. The summed E-state index contributed by atoms with van der Waals surface area (Å²) in [6.45, 7) is 3.91. The Hall–Kier alpha value is -0.210. The van der Waals surface area contributed by atoms with Gasteiger partial charge in [0.2, 0.25) is 10.0 Å². The minimum Gasteiger partial charge on any atom is -0.315 e. The lowest BCUT2D eigenvalue weighted by atomic mass is 10.2. The molecule has 1 fully saturated rings. The maximum atomic E-state index is 13.1. The Kier molecular flexibility index (Phi) is 7.06. The molecule has 1 aromatic carbocycles. The van der Waals surface area contributed by atoms with Gasteiger partial charge in [0.1, 0.15) is 5.82 Å². The quantitative estimate of drug-likeness (QED) is 0.825. The summed E-state index contributed by atoms with van der Waals surface area (Å²) in [7, 11) is -3.61. The molecular formula is C13H19BrClFN2O2S. The van der Waals surface area contributed by atoms with Crippen LogP contribution < -0.4 is 5.32 Å². The molecule has 0 radical (unpaired) electrons. The van der Waals surface area contributed by atoms with Gasteiger partial charge in [-0.3, -0.25) is 0 Å². The molecule has 1 atom stereocenters. The highest BCUT2D eigenvalue weighted by molar-refractivity contribution is 9.10. The highest BCUT2D eigenvalue weighted by atomic mass is 79.9. The highest BCUT2D eigenvalue weighted by Crippen LogP contribution is 2.28. The molecule has 1 N–H and O–H groups in total. The van der Waals surface area contributed by atoms with Crippen molar-refractivity contribution in [3.63, 3.8) is 0 Å². The number of benzene rings is 1. The van der Waals surface area contributed by atoms with Crippen molar-refractivity contribution in [1.82, 2.24) is 9.62 Å². The Morgan fingerprint density at radius 3 is 2.71 bits per heavy atom. The summed E-state index contributed by atoms with van der Waals surface area (Å²) in [5, 5.41) is 3.18. The first kappa shape index (κ1) is 18.8. The predicted octanol–water partition coefficient (Wildman–Crippen LogP) is 2.77. The monoisotopic (exact) mass is 400 g/mol. The molecule has 2 rings (SSSR count). The van der Waals surface area contributed by atoms with Crippen LogP contribution in [0.15, 0.2) is 27.6 Å². The summed E-state index contributed by atoms with van der Waals surface area (Å²) in [5.74, 6) is -0.458. The van der Waals surface area contributed by atoms with E-state index in [4.69, 9.17) is 0 Å². The summed E-state index contributed by atoms with van der Waals surface area (Å²) < 4.78 is 40.5. The van der Waals surface area contributed by atoms with E-state index in [1.165, 1.54) is 22.5 Å². The van der Waals surface area contributed by atoms with Crippen molar-refractivity contribution in [2.24, 2.45) is 0 Å². The van der Waals surface area contributed by atoms with Gasteiger partial charge in [0, 0.05) is 23.6 Å². The molecule has 120 valence electrons. The first-order valence-electron chi connectivity index (χ1n) is 6.64. The first-order valence-corrected chi connectivity index (χ1v) is 8.87. The fourth-order valence-corrected chi connectivity index (χ4v) is 5.17. The second-order valence-electron chi connectivity index (χ2n) is 4.84. The van der Waals surface area contributed by atoms with Crippen LogP contribution in [-0.4, -0.2) is 38.4 Å². The van der Waals surface area contributed by atoms with Crippen LogP contribution in [0.4, 0.5) is 4.39 Å². The van der Waals surface area contributed by atoms with Gasteiger partial charge in [0.05, 0.1) is 4.90 Å². The number of rotatable bonds is 5. The maximum Gasteiger partial charge on any atom is 0.244 e. The van der Waals surface area contributed by atoms with Crippen LogP contribution >= 0.6 is 28.3 Å². The van der Waals surface area contributed by atoms with Gasteiger partial charge in [-0.25, -0.2) is 12.8 Å². The standard InChI is InChI=1S/C13H18BrFN2O2S.ClH/c1-2-7-17(11-5-6-16-9-11)20(18,19)13-4-3-10(15)8-12(13)14;/h3-4,8,11,16H,2,5-7,9H2,1H3;1H. The zero-order valence-corrected chi connectivity index (χ0v) is 14.9. The number of sulfonamides is 1. The fourth-order valence-electron chi connectivity index (χ4n) is 2.42. The van der Waals surface area contributed by atoms with E-state index < -0.39 is 15.8 Å². The van der Waals surface area contributed by atoms with Crippen molar-refractivity contribution in [3.05, 3.63) is 28.5 Å². The van der Waals surface area contributed by atoms with Gasteiger partial charge >= 0.3 is 0 Å². The van der Waals surface area contributed by atoms with Crippen LogP contribution in [0.5, 0.6) is 0 Å². The van der Waals surface area contributed by atoms with Crippen molar-refractivity contribution in [1.29, 1.82) is 0 Å². The average molecular weight is 402 g/mol. The van der Waals surface area contributed by atoms with Crippen LogP contribution in [0.2, 0.25) is 0 Å². The first-order chi connectivity index (χ1) is 9.46. The van der Waals surface area contributed by atoms with Crippen molar-refractivity contribution in [2.45, 2.75) is 30.7 Å². The molecule has 4 nitrogen and oxygen atoms in total. The van der Waals surface area contributed by atoms with E-state index in [0.29, 0.717) is 13.1 Å². The van der Waals surface area contributed by atoms with E-state index in [2.05, 4.69) is 21.2 Å². The molecule has 8 heteroatoms. The molecule has 21 heavy (non-hydrogen) atoms. The molecule has 1 aliphatic heterocycles. The Morgan fingerprint density at radius 1 is 1.48 bits per heavy atom. The third-order valence-corrected chi connectivity index (χ3v) is 6.29. The van der Waals surface area contributed by atoms with E-state index in [-0.39, 0.29) is 27.8 Å². The Labute approximate surface area is 139 Å². The van der Waals surface area contributed by atoms with Crippen LogP contribution in [0.25, 0.3) is 0 Å². The Morgan fingerprint density at radius 2 is 2.19 bits per heavy atom. The van der Waals surface area contributed by atoms with Gasteiger partial charge in [-0.15, -0.1) is 12.4 Å². The number of nitrogens with zero attached hydrogens (tertiary/aromatic N) is 1. The van der Waals surface area contributed by atoms with Crippen LogP contribution in [0.1, 0.15) is 19.8 Å². The van der Waals surface area contributed by atoms with Crippen LogP contribution in [0, 0.1) is 5.82 Å². The molecular weight excluding hydrogens is 383 g/mol. The van der Waals surface area contributed by atoms with E-state index in [1.807, 2.05) is 6.92 Å². The topological polar surface area (TPSA) is 49.4 Å². The number of hydrogen-bond acceptors (Lipinski definition) is 3. The second-order valence-corrected chi connectivity index (χ2v) is 7.55. The average Bonchev–Trinajstić information content (AvgIpc) is 2.88. The highest BCUT2D eigenvalue weighted by Gasteiger charge is 2.33. The minimum absolute atomic E-state index is 0. The molecule has 1 saturated heterocycles. The molecule has 1 aromatic rings. The lowest BCUT2D eigenvalue weighted by molar-refractivity contribution is 0.335. The van der Waals surface area contributed by atoms with E-state index in [0.717, 1.165) is 19.4 Å². The summed E-state index contributed by atoms with van der Waals surface area (Å²) in [5.41, 5.74) is 0. The summed E-state index contributed by atoms with van der Waals surface area (Å²) in [4.78, 5) is 0.124. The third-order valence-electron chi connectivity index (χ3n) is 3.37. The molecule has 0 spiro atoms. The van der Waals surface area contributed by atoms with Crippen molar-refractivity contribution in [2.75, 3.05) is 19.6 Å². The van der Waals surface area contributed by atoms with Crippen molar-refractivity contribution < 1.29 is 12.8 Å². The summed E-state index contributed by atoms with van der Waals surface area (Å²) in [6, 6.07) is 3.65. The predicted molar refractivity (Wildman–Crippen MR) is 86.8 cm³/mol. The largest absolute Gasteiger partial charge is 0.315 e. The fraction of sp³-hybridized carbons (Fsp3) is 0.538. The van der Waals surface area contributed by atoms with Gasteiger partial charge in [0.15, 0.2) is 0 Å². The zero-order valence-electron chi connectivity index (χ0n) is 11.7. The molecule has 0 bridgehead atoms. The SMILES string of the molecule is CCCN(C1CCNC1)S(=O)(=O)c1ccc(F)cc1Br.Cl. The van der Waals surface area contributed by atoms with Crippen molar-refractivity contribution in [3.8, 4) is 0 Å². The lowest BCUT2D eigenvalue weighted by Crippen LogP contribution is -2.42. The molecule has 1 unspecified atom stereocenters. The molecule has 1 aliphatic rings. The summed E-state index contributed by atoms with van der Waals surface area (Å²) in [6.07, 6.45) is 1.55. The maximum absolute atomic E-state index is 13.1. The second kappa shape index (κ2) is 7.87. The van der Waals surface area contributed by atoms with Gasteiger partial charge in [-0.2, -0.15) is 4.31 Å². The molecule has 1 heterocycles. The van der Waals surface area contributed by atoms with Gasteiger partial charge in [-0.1, -0.05) is 6.92 Å². The van der Waals surface area contributed by atoms with E-state index >= 15 is 0 Å². The lowest BCUT2D eigenvalue weighted by Gasteiger charge is -2.27. The normalized spacial score (nSPS) is 18.8. The van der Waals surface area contributed by atoms with Gasteiger partial charge < -0.3 is 5.32 Å². The van der Waals surface area contributed by atoms with Gasteiger partial charge in [0.25, 0.3) is 0 Å². The smallest absolute Gasteiger partial charge is 0.244 e. The van der Waals surface area contributed by atoms with E-state index in [9.17, 15) is 12.8 Å². The minimum atomic E-state index is -3.61. The van der Waals surface area contributed by atoms with Gasteiger partial charge in [-0.05, 0) is 53.5 Å². The Balaban J connectivity index is 0.00000220. The zero-order chi connectivity index (χ0) is 14.8. The number of halogens is 3. The molecule has 0 amide bonds. The molecule has 0 aromatic heterocycles. The van der Waals surface area contributed by atoms with Crippen molar-refractivity contribution >= 4 is 38.4 Å².